The fourth-order valence-corrected chi connectivity index (χ4v) is 3.47. The summed E-state index contributed by atoms with van der Waals surface area (Å²) < 4.78 is 4.98. The Balaban J connectivity index is 1.67. The first-order chi connectivity index (χ1) is 12.0. The van der Waals surface area contributed by atoms with Crippen LogP contribution >= 0.6 is 11.8 Å². The molecule has 1 fully saturated rings. The van der Waals surface area contributed by atoms with Gasteiger partial charge in [-0.05, 0) is 30.9 Å². The summed E-state index contributed by atoms with van der Waals surface area (Å²) >= 11 is 1.21. The van der Waals surface area contributed by atoms with Crippen molar-refractivity contribution in [2.24, 2.45) is 5.92 Å². The number of nitrogens with one attached hydrogen (secondary N) is 1. The highest BCUT2D eigenvalue weighted by atomic mass is 32.2. The van der Waals surface area contributed by atoms with E-state index >= 15 is 0 Å². The van der Waals surface area contributed by atoms with Crippen molar-refractivity contribution >= 4 is 29.3 Å². The van der Waals surface area contributed by atoms with Crippen LogP contribution in [0.2, 0.25) is 0 Å². The first-order valence-electron chi connectivity index (χ1n) is 8.28. The standard InChI is InChI=1S/C17H22N2O5S/c1-12-4-2-3-5-15(12)18-16(20)10-24-17(21)11-25-14-8-6-13(7-9-14)19(22)23/h6-9,12,15H,2-5,10-11H2,1H3,(H,18,20)/t12-,15+/m0/s1. The molecule has 0 aliphatic heterocycles. The SMILES string of the molecule is C[C@H]1CCCC[C@H]1NC(=O)COC(=O)CSc1ccc([N+](=O)[O-])cc1. The molecule has 1 N–H and O–H groups in total. The summed E-state index contributed by atoms with van der Waals surface area (Å²) in [5.41, 5.74) is 0.000499. The monoisotopic (exact) mass is 366 g/mol. The van der Waals surface area contributed by atoms with Crippen LogP contribution in [0.25, 0.3) is 0 Å². The Morgan fingerprint density at radius 2 is 1.96 bits per heavy atom. The minimum Gasteiger partial charge on any atom is -0.455 e. The van der Waals surface area contributed by atoms with Crippen molar-refractivity contribution in [3.05, 3.63) is 34.4 Å². The number of benzene rings is 1. The van der Waals surface area contributed by atoms with E-state index in [1.54, 1.807) is 12.1 Å². The Morgan fingerprint density at radius 3 is 2.60 bits per heavy atom. The Morgan fingerprint density at radius 1 is 1.28 bits per heavy atom. The molecule has 1 amide bonds. The molecule has 1 aliphatic rings. The lowest BCUT2D eigenvalue weighted by Crippen LogP contribution is -2.43. The number of carbonyl (C=O) groups excluding carboxylic acids is 2. The smallest absolute Gasteiger partial charge is 0.316 e. The number of ether oxygens (including phenoxy) is 1. The quantitative estimate of drug-likeness (QED) is 0.345. The maximum absolute atomic E-state index is 11.9. The molecule has 0 radical (unpaired) electrons. The second-order valence-corrected chi connectivity index (χ2v) is 7.18. The largest absolute Gasteiger partial charge is 0.455 e. The van der Waals surface area contributed by atoms with Crippen molar-refractivity contribution < 1.29 is 19.2 Å². The average molecular weight is 366 g/mol. The first-order valence-corrected chi connectivity index (χ1v) is 9.26. The van der Waals surface area contributed by atoms with Gasteiger partial charge in [-0.2, -0.15) is 0 Å². The molecule has 136 valence electrons. The van der Waals surface area contributed by atoms with Crippen LogP contribution in [0.15, 0.2) is 29.2 Å². The number of rotatable bonds is 7. The predicted octanol–water partition coefficient (Wildman–Crippen LogP) is 2.93. The van der Waals surface area contributed by atoms with Crippen molar-refractivity contribution in [3.8, 4) is 0 Å². The number of esters is 1. The lowest BCUT2D eigenvalue weighted by molar-refractivity contribution is -0.384. The van der Waals surface area contributed by atoms with Crippen LogP contribution in [0, 0.1) is 16.0 Å². The summed E-state index contributed by atoms with van der Waals surface area (Å²) in [6, 6.07) is 6.08. The van der Waals surface area contributed by atoms with E-state index in [1.807, 2.05) is 0 Å². The van der Waals surface area contributed by atoms with Gasteiger partial charge in [0.15, 0.2) is 6.61 Å². The predicted molar refractivity (Wildman–Crippen MR) is 94.3 cm³/mol. The molecule has 0 spiro atoms. The van der Waals surface area contributed by atoms with Crippen molar-refractivity contribution in [1.82, 2.24) is 5.32 Å². The van der Waals surface area contributed by atoms with Gasteiger partial charge in [-0.1, -0.05) is 19.8 Å². The van der Waals surface area contributed by atoms with Gasteiger partial charge in [0.25, 0.3) is 11.6 Å². The maximum Gasteiger partial charge on any atom is 0.316 e. The van der Waals surface area contributed by atoms with Crippen molar-refractivity contribution in [1.29, 1.82) is 0 Å². The third-order valence-corrected chi connectivity index (χ3v) is 5.21. The van der Waals surface area contributed by atoms with Gasteiger partial charge in [0.2, 0.25) is 0 Å². The zero-order chi connectivity index (χ0) is 18.2. The molecule has 2 rings (SSSR count). The Kier molecular flexibility index (Phi) is 7.24. The summed E-state index contributed by atoms with van der Waals surface area (Å²) in [5.74, 6) is -0.265. The van der Waals surface area contributed by atoms with E-state index < -0.39 is 10.9 Å². The highest BCUT2D eigenvalue weighted by Crippen LogP contribution is 2.24. The van der Waals surface area contributed by atoms with Crippen molar-refractivity contribution in [2.45, 2.75) is 43.5 Å². The van der Waals surface area contributed by atoms with Crippen LogP contribution in [0.5, 0.6) is 0 Å². The molecule has 1 aliphatic carbocycles. The zero-order valence-electron chi connectivity index (χ0n) is 14.1. The van der Waals surface area contributed by atoms with Gasteiger partial charge in [-0.25, -0.2) is 0 Å². The molecule has 0 aromatic heterocycles. The summed E-state index contributed by atoms with van der Waals surface area (Å²) in [7, 11) is 0. The number of amides is 1. The number of hydrogen-bond acceptors (Lipinski definition) is 6. The number of nitro benzene ring substituents is 1. The number of carbonyl (C=O) groups is 2. The van der Waals surface area contributed by atoms with Gasteiger partial charge in [0, 0.05) is 23.1 Å². The van der Waals surface area contributed by atoms with Gasteiger partial charge in [0.1, 0.15) is 0 Å². The molecule has 0 bridgehead atoms. The van der Waals surface area contributed by atoms with E-state index in [0.717, 1.165) is 24.2 Å². The van der Waals surface area contributed by atoms with Crippen LogP contribution in [0.4, 0.5) is 5.69 Å². The van der Waals surface area contributed by atoms with E-state index in [0.29, 0.717) is 5.92 Å². The lowest BCUT2D eigenvalue weighted by Gasteiger charge is -2.29. The average Bonchev–Trinajstić information content (AvgIpc) is 2.60. The van der Waals surface area contributed by atoms with Crippen LogP contribution in [0.3, 0.4) is 0 Å². The summed E-state index contributed by atoms with van der Waals surface area (Å²) in [4.78, 5) is 34.4. The normalized spacial score (nSPS) is 19.9. The zero-order valence-corrected chi connectivity index (χ0v) is 14.9. The molecule has 1 aromatic carbocycles. The number of nitro groups is 1. The number of nitrogens with zero attached hydrogens (tertiary/aromatic N) is 1. The van der Waals surface area contributed by atoms with Crippen LogP contribution < -0.4 is 5.32 Å². The Bertz CT molecular complexity index is 620. The second-order valence-electron chi connectivity index (χ2n) is 6.14. The topological polar surface area (TPSA) is 98.5 Å². The Hall–Kier alpha value is -2.09. The molecule has 25 heavy (non-hydrogen) atoms. The molecule has 2 atom stereocenters. The summed E-state index contributed by atoms with van der Waals surface area (Å²) in [5, 5.41) is 13.5. The lowest BCUT2D eigenvalue weighted by atomic mass is 9.86. The highest BCUT2D eigenvalue weighted by molar-refractivity contribution is 8.00. The molecular weight excluding hydrogens is 344 g/mol. The van der Waals surface area contributed by atoms with Crippen LogP contribution in [0.1, 0.15) is 32.6 Å². The van der Waals surface area contributed by atoms with Gasteiger partial charge in [-0.15, -0.1) is 11.8 Å². The molecule has 7 nitrogen and oxygen atoms in total. The molecule has 1 aromatic rings. The Labute approximate surface area is 150 Å². The molecule has 8 heteroatoms. The minimum absolute atomic E-state index is 0.000499. The van der Waals surface area contributed by atoms with Gasteiger partial charge in [0.05, 0.1) is 10.7 Å². The van der Waals surface area contributed by atoms with E-state index in [2.05, 4.69) is 12.2 Å². The third kappa shape index (κ3) is 6.38. The van der Waals surface area contributed by atoms with Gasteiger partial charge >= 0.3 is 5.97 Å². The summed E-state index contributed by atoms with van der Waals surface area (Å²) in [6.45, 7) is 1.85. The molecule has 0 saturated heterocycles. The van der Waals surface area contributed by atoms with Crippen LogP contribution in [-0.4, -0.2) is 35.2 Å². The number of thioether (sulfide) groups is 1. The van der Waals surface area contributed by atoms with Crippen molar-refractivity contribution in [3.63, 3.8) is 0 Å². The molecule has 1 saturated carbocycles. The molecular formula is C17H22N2O5S. The minimum atomic E-state index is -0.491. The fraction of sp³-hybridized carbons (Fsp3) is 0.529. The number of non-ortho nitro benzene ring substituents is 1. The van der Waals surface area contributed by atoms with E-state index in [-0.39, 0.29) is 30.0 Å². The van der Waals surface area contributed by atoms with Crippen molar-refractivity contribution in [2.75, 3.05) is 12.4 Å². The van der Waals surface area contributed by atoms with E-state index in [1.165, 1.54) is 30.3 Å². The van der Waals surface area contributed by atoms with E-state index in [4.69, 9.17) is 4.74 Å². The summed E-state index contributed by atoms with van der Waals surface area (Å²) in [6.07, 6.45) is 4.39. The van der Waals surface area contributed by atoms with Crippen LogP contribution in [-0.2, 0) is 14.3 Å². The maximum atomic E-state index is 11.9. The molecule has 0 heterocycles. The highest BCUT2D eigenvalue weighted by Gasteiger charge is 2.23. The second kappa shape index (κ2) is 9.41. The van der Waals surface area contributed by atoms with Gasteiger partial charge in [-0.3, -0.25) is 19.7 Å². The number of hydrogen-bond donors (Lipinski definition) is 1. The van der Waals surface area contributed by atoms with E-state index in [9.17, 15) is 19.7 Å². The first kappa shape index (κ1) is 19.2. The molecule has 0 unspecified atom stereocenters. The third-order valence-electron chi connectivity index (χ3n) is 4.23. The van der Waals surface area contributed by atoms with Gasteiger partial charge < -0.3 is 10.1 Å². The fourth-order valence-electron chi connectivity index (χ4n) is 2.77.